The molecule has 0 N–H and O–H groups in total. The van der Waals surface area contributed by atoms with Crippen molar-refractivity contribution in [2.24, 2.45) is 0 Å². The van der Waals surface area contributed by atoms with Gasteiger partial charge in [-0.1, -0.05) is 6.07 Å². The molecule has 1 fully saturated rings. The van der Waals surface area contributed by atoms with Crippen LogP contribution in [0.1, 0.15) is 39.7 Å². The molecule has 0 radical (unpaired) electrons. The Hall–Kier alpha value is -2.87. The molecule has 0 bridgehead atoms. The molecule has 3 heterocycles. The van der Waals surface area contributed by atoms with E-state index < -0.39 is 11.7 Å². The van der Waals surface area contributed by atoms with Gasteiger partial charge < -0.3 is 9.64 Å². The summed E-state index contributed by atoms with van der Waals surface area (Å²) in [4.78, 5) is 19.7. The summed E-state index contributed by atoms with van der Waals surface area (Å²) in [5.41, 5.74) is -0.294. The van der Waals surface area contributed by atoms with E-state index in [1.54, 1.807) is 35.6 Å². The summed E-state index contributed by atoms with van der Waals surface area (Å²) in [6.07, 6.45) is -1.79. The van der Waals surface area contributed by atoms with Gasteiger partial charge in [0.25, 0.3) is 5.91 Å². The van der Waals surface area contributed by atoms with Gasteiger partial charge in [0, 0.05) is 29.2 Å². The number of nitrogens with zero attached hydrogens (tertiary/aromatic N) is 2. The Bertz CT molecular complexity index is 971. The van der Waals surface area contributed by atoms with Gasteiger partial charge in [0.1, 0.15) is 5.75 Å². The van der Waals surface area contributed by atoms with E-state index in [4.69, 9.17) is 4.74 Å². The van der Waals surface area contributed by atoms with Crippen LogP contribution in [0.4, 0.5) is 13.2 Å². The second kappa shape index (κ2) is 7.87. The number of likely N-dealkylation sites (tertiary alicyclic amines) is 1. The number of carbonyl (C=O) groups is 1. The topological polar surface area (TPSA) is 42.4 Å². The first-order valence-electron chi connectivity index (χ1n) is 9.07. The lowest BCUT2D eigenvalue weighted by Crippen LogP contribution is -2.30. The average Bonchev–Trinajstić information content (AvgIpc) is 3.39. The fourth-order valence-electron chi connectivity index (χ4n) is 3.35. The van der Waals surface area contributed by atoms with Gasteiger partial charge in [0.05, 0.1) is 11.6 Å². The number of carbonyl (C=O) groups excluding carboxylic acids is 1. The van der Waals surface area contributed by atoms with Crippen LogP contribution in [0.3, 0.4) is 0 Å². The van der Waals surface area contributed by atoms with E-state index >= 15 is 0 Å². The van der Waals surface area contributed by atoms with Crippen molar-refractivity contribution >= 4 is 17.2 Å². The quantitative estimate of drug-likeness (QED) is 0.527. The van der Waals surface area contributed by atoms with Gasteiger partial charge in [0.15, 0.2) is 0 Å². The van der Waals surface area contributed by atoms with Crippen molar-refractivity contribution in [3.8, 4) is 11.6 Å². The first-order valence-corrected chi connectivity index (χ1v) is 9.95. The van der Waals surface area contributed by atoms with Crippen molar-refractivity contribution in [1.82, 2.24) is 9.88 Å². The fraction of sp³-hybridized carbons (Fsp3) is 0.238. The molecule has 4 rings (SSSR count). The minimum atomic E-state index is -4.44. The van der Waals surface area contributed by atoms with Gasteiger partial charge in [-0.25, -0.2) is 4.98 Å². The summed E-state index contributed by atoms with van der Waals surface area (Å²) in [5, 5.41) is 2.01. The largest absolute Gasteiger partial charge is 0.439 e. The Labute approximate surface area is 169 Å². The van der Waals surface area contributed by atoms with Crippen molar-refractivity contribution in [2.75, 3.05) is 6.54 Å². The molecule has 0 spiro atoms. The van der Waals surface area contributed by atoms with Crippen LogP contribution in [-0.2, 0) is 6.18 Å². The Morgan fingerprint density at radius 1 is 1.14 bits per heavy atom. The predicted octanol–water partition coefficient (Wildman–Crippen LogP) is 5.93. The number of aromatic nitrogens is 1. The molecule has 4 nitrogen and oxygen atoms in total. The van der Waals surface area contributed by atoms with Crippen molar-refractivity contribution in [2.45, 2.75) is 25.1 Å². The van der Waals surface area contributed by atoms with Gasteiger partial charge in [-0.15, -0.1) is 11.3 Å². The molecule has 1 amide bonds. The number of hydrogen-bond acceptors (Lipinski definition) is 4. The van der Waals surface area contributed by atoms with Gasteiger partial charge in [-0.05, 0) is 54.6 Å². The highest BCUT2D eigenvalue weighted by molar-refractivity contribution is 7.10. The van der Waals surface area contributed by atoms with Crippen LogP contribution in [0.15, 0.2) is 60.1 Å². The van der Waals surface area contributed by atoms with Crippen LogP contribution in [0.25, 0.3) is 0 Å². The van der Waals surface area contributed by atoms with Gasteiger partial charge in [0.2, 0.25) is 5.88 Å². The number of benzene rings is 1. The molecule has 3 aromatic rings. The molecule has 2 aromatic heterocycles. The molecule has 1 saturated heterocycles. The van der Waals surface area contributed by atoms with Crippen LogP contribution in [-0.4, -0.2) is 22.3 Å². The highest BCUT2D eigenvalue weighted by Crippen LogP contribution is 2.36. The Kier molecular flexibility index (Phi) is 5.27. The molecule has 0 unspecified atom stereocenters. The Morgan fingerprint density at radius 2 is 1.93 bits per heavy atom. The summed E-state index contributed by atoms with van der Waals surface area (Å²) in [5.74, 6) is 0.402. The predicted molar refractivity (Wildman–Crippen MR) is 103 cm³/mol. The van der Waals surface area contributed by atoms with Gasteiger partial charge >= 0.3 is 6.18 Å². The van der Waals surface area contributed by atoms with E-state index in [1.807, 2.05) is 16.3 Å². The standard InChI is InChI=1S/C21H17F3N2O2S/c22-21(23,24)15-7-10-19(25-13-15)28-16-8-5-14(6-9-16)20(27)26-11-1-3-17(26)18-4-2-12-29-18/h2,4-10,12-13,17H,1,3,11H2/t17-/m1/s1. The second-order valence-corrected chi connectivity index (χ2v) is 7.66. The number of amides is 1. The monoisotopic (exact) mass is 418 g/mol. The number of pyridine rings is 1. The summed E-state index contributed by atoms with van der Waals surface area (Å²) >= 11 is 1.65. The molecule has 0 aliphatic carbocycles. The SMILES string of the molecule is O=C(c1ccc(Oc2ccc(C(F)(F)F)cn2)cc1)N1CCC[C@@H]1c1cccs1. The Morgan fingerprint density at radius 3 is 2.55 bits per heavy atom. The molecule has 1 aromatic carbocycles. The number of ether oxygens (including phenoxy) is 1. The van der Waals surface area contributed by atoms with Gasteiger partial charge in [-0.2, -0.15) is 13.2 Å². The Balaban J connectivity index is 1.44. The zero-order valence-electron chi connectivity index (χ0n) is 15.2. The second-order valence-electron chi connectivity index (χ2n) is 6.68. The van der Waals surface area contributed by atoms with Crippen molar-refractivity contribution < 1.29 is 22.7 Å². The lowest BCUT2D eigenvalue weighted by Gasteiger charge is -2.24. The lowest BCUT2D eigenvalue weighted by atomic mass is 10.1. The molecule has 8 heteroatoms. The van der Waals surface area contributed by atoms with Crippen LogP contribution < -0.4 is 4.74 Å². The smallest absolute Gasteiger partial charge is 0.417 e. The molecule has 1 aliphatic heterocycles. The van der Waals surface area contributed by atoms with E-state index in [0.717, 1.165) is 37.7 Å². The minimum absolute atomic E-state index is 0.0416. The molecule has 1 atom stereocenters. The zero-order chi connectivity index (χ0) is 20.4. The molecule has 29 heavy (non-hydrogen) atoms. The van der Waals surface area contributed by atoms with E-state index in [0.29, 0.717) is 11.3 Å². The molecular formula is C21H17F3N2O2S. The first-order chi connectivity index (χ1) is 13.9. The van der Waals surface area contributed by atoms with Crippen LogP contribution in [0, 0.1) is 0 Å². The average molecular weight is 418 g/mol. The number of rotatable bonds is 4. The number of thiophene rings is 1. The van der Waals surface area contributed by atoms with Crippen molar-refractivity contribution in [3.63, 3.8) is 0 Å². The minimum Gasteiger partial charge on any atom is -0.439 e. The highest BCUT2D eigenvalue weighted by Gasteiger charge is 2.32. The number of halogens is 3. The van der Waals surface area contributed by atoms with E-state index in [2.05, 4.69) is 11.1 Å². The fourth-order valence-corrected chi connectivity index (χ4v) is 4.22. The molecule has 0 saturated carbocycles. The third-order valence-electron chi connectivity index (χ3n) is 4.77. The van der Waals surface area contributed by atoms with E-state index in [-0.39, 0.29) is 17.8 Å². The lowest BCUT2D eigenvalue weighted by molar-refractivity contribution is -0.137. The van der Waals surface area contributed by atoms with Crippen LogP contribution in [0.2, 0.25) is 0 Å². The highest BCUT2D eigenvalue weighted by atomic mass is 32.1. The maximum Gasteiger partial charge on any atom is 0.417 e. The molecular weight excluding hydrogens is 401 g/mol. The molecule has 150 valence electrons. The summed E-state index contributed by atoms with van der Waals surface area (Å²) in [6.45, 7) is 0.717. The summed E-state index contributed by atoms with van der Waals surface area (Å²) in [7, 11) is 0. The normalized spacial score (nSPS) is 16.8. The number of alkyl halides is 3. The molecule has 1 aliphatic rings. The van der Waals surface area contributed by atoms with E-state index in [9.17, 15) is 18.0 Å². The summed E-state index contributed by atoms with van der Waals surface area (Å²) < 4.78 is 43.3. The maximum atomic E-state index is 12.9. The van der Waals surface area contributed by atoms with Gasteiger partial charge in [-0.3, -0.25) is 4.79 Å². The van der Waals surface area contributed by atoms with Crippen LogP contribution in [0.5, 0.6) is 11.6 Å². The van der Waals surface area contributed by atoms with Crippen molar-refractivity contribution in [3.05, 3.63) is 76.1 Å². The van der Waals surface area contributed by atoms with Crippen LogP contribution >= 0.6 is 11.3 Å². The van der Waals surface area contributed by atoms with E-state index in [1.165, 1.54) is 4.88 Å². The third-order valence-corrected chi connectivity index (χ3v) is 5.75. The first kappa shape index (κ1) is 19.4. The van der Waals surface area contributed by atoms with Crippen molar-refractivity contribution in [1.29, 1.82) is 0 Å². The zero-order valence-corrected chi connectivity index (χ0v) is 16.0. The third kappa shape index (κ3) is 4.27. The summed E-state index contributed by atoms with van der Waals surface area (Å²) in [6, 6.07) is 12.8. The number of hydrogen-bond donors (Lipinski definition) is 0. The maximum absolute atomic E-state index is 12.9.